The number of esters is 1. The van der Waals surface area contributed by atoms with Crippen LogP contribution in [0.15, 0.2) is 0 Å². The number of ether oxygens (including phenoxy) is 1. The summed E-state index contributed by atoms with van der Waals surface area (Å²) in [6.07, 6.45) is -0.257. The molecule has 6 nitrogen and oxygen atoms in total. The number of hydrogen-bond donors (Lipinski definition) is 2. The molecular formula is C11H20N2O4. The lowest BCUT2D eigenvalue weighted by Crippen LogP contribution is -2.45. The molecule has 0 aromatic rings. The fraction of sp³-hybridized carbons (Fsp3) is 0.818. The van der Waals surface area contributed by atoms with Gasteiger partial charge in [0.1, 0.15) is 6.04 Å². The highest BCUT2D eigenvalue weighted by Crippen LogP contribution is 2.18. The van der Waals surface area contributed by atoms with Crippen LogP contribution in [0.2, 0.25) is 0 Å². The lowest BCUT2D eigenvalue weighted by molar-refractivity contribution is -0.146. The number of amides is 1. The summed E-state index contributed by atoms with van der Waals surface area (Å²) in [6, 6.07) is -0.459. The van der Waals surface area contributed by atoms with E-state index in [0.29, 0.717) is 13.0 Å². The van der Waals surface area contributed by atoms with Gasteiger partial charge < -0.3 is 15.2 Å². The van der Waals surface area contributed by atoms with Crippen molar-refractivity contribution in [3.63, 3.8) is 0 Å². The van der Waals surface area contributed by atoms with Crippen molar-refractivity contribution >= 4 is 11.9 Å². The molecule has 6 heteroatoms. The molecule has 98 valence electrons. The van der Waals surface area contributed by atoms with Gasteiger partial charge in [-0.1, -0.05) is 0 Å². The Hall–Kier alpha value is -1.14. The van der Waals surface area contributed by atoms with Gasteiger partial charge in [0.2, 0.25) is 5.91 Å². The minimum atomic E-state index is -0.578. The lowest BCUT2D eigenvalue weighted by atomic mass is 10.2. The van der Waals surface area contributed by atoms with E-state index in [1.54, 1.807) is 4.90 Å². The zero-order valence-electron chi connectivity index (χ0n) is 10.5. The third kappa shape index (κ3) is 3.98. The van der Waals surface area contributed by atoms with E-state index in [4.69, 9.17) is 0 Å². The topological polar surface area (TPSA) is 78.9 Å². The van der Waals surface area contributed by atoms with Crippen LogP contribution >= 0.6 is 0 Å². The molecule has 0 aromatic carbocycles. The van der Waals surface area contributed by atoms with Crippen molar-refractivity contribution < 1.29 is 19.4 Å². The maximum Gasteiger partial charge on any atom is 0.323 e. The Morgan fingerprint density at radius 1 is 1.53 bits per heavy atom. The Morgan fingerprint density at radius 2 is 2.18 bits per heavy atom. The first-order valence-corrected chi connectivity index (χ1v) is 5.73. The molecule has 0 aliphatic carbocycles. The average Bonchev–Trinajstić information content (AvgIpc) is 2.57. The zero-order chi connectivity index (χ0) is 13.0. The van der Waals surface area contributed by atoms with Crippen molar-refractivity contribution in [2.24, 2.45) is 0 Å². The van der Waals surface area contributed by atoms with E-state index in [1.807, 2.05) is 13.8 Å². The zero-order valence-corrected chi connectivity index (χ0v) is 10.5. The second kappa shape index (κ2) is 5.97. The molecule has 0 aromatic heterocycles. The number of carbonyl (C=O) groups excluding carboxylic acids is 2. The van der Waals surface area contributed by atoms with Crippen LogP contribution in [0.25, 0.3) is 0 Å². The maximum absolute atomic E-state index is 11.6. The average molecular weight is 244 g/mol. The Labute approximate surface area is 101 Å². The van der Waals surface area contributed by atoms with E-state index in [2.05, 4.69) is 10.1 Å². The molecule has 1 amide bonds. The molecule has 1 saturated heterocycles. The smallest absolute Gasteiger partial charge is 0.323 e. The fourth-order valence-corrected chi connectivity index (χ4v) is 1.99. The predicted octanol–water partition coefficient (Wildman–Crippen LogP) is -0.881. The van der Waals surface area contributed by atoms with E-state index >= 15 is 0 Å². The van der Waals surface area contributed by atoms with E-state index in [1.165, 1.54) is 7.11 Å². The van der Waals surface area contributed by atoms with Gasteiger partial charge >= 0.3 is 5.97 Å². The van der Waals surface area contributed by atoms with Crippen LogP contribution in [-0.2, 0) is 14.3 Å². The summed E-state index contributed by atoms with van der Waals surface area (Å²) in [6.45, 7) is 4.17. The summed E-state index contributed by atoms with van der Waals surface area (Å²) in [7, 11) is 1.30. The van der Waals surface area contributed by atoms with Crippen LogP contribution in [-0.4, -0.2) is 60.3 Å². The predicted molar refractivity (Wildman–Crippen MR) is 61.3 cm³/mol. The molecule has 1 aliphatic rings. The Morgan fingerprint density at radius 3 is 2.71 bits per heavy atom. The van der Waals surface area contributed by atoms with E-state index in [0.717, 1.165) is 0 Å². The highest BCUT2D eigenvalue weighted by Gasteiger charge is 2.37. The van der Waals surface area contributed by atoms with Gasteiger partial charge in [-0.2, -0.15) is 0 Å². The van der Waals surface area contributed by atoms with Crippen LogP contribution < -0.4 is 5.32 Å². The number of hydrogen-bond acceptors (Lipinski definition) is 5. The number of likely N-dealkylation sites (tertiary alicyclic amines) is 1. The van der Waals surface area contributed by atoms with Gasteiger partial charge in [-0.05, 0) is 13.8 Å². The number of aliphatic hydroxyl groups is 1. The Bertz CT molecular complexity index is 293. The van der Waals surface area contributed by atoms with Gasteiger partial charge in [0.25, 0.3) is 0 Å². The molecule has 0 bridgehead atoms. The summed E-state index contributed by atoms with van der Waals surface area (Å²) in [5.74, 6) is -0.554. The third-order valence-corrected chi connectivity index (χ3v) is 2.65. The van der Waals surface area contributed by atoms with Crippen molar-refractivity contribution in [3.8, 4) is 0 Å². The van der Waals surface area contributed by atoms with Gasteiger partial charge in [-0.15, -0.1) is 0 Å². The summed E-state index contributed by atoms with van der Waals surface area (Å²) < 4.78 is 4.65. The largest absolute Gasteiger partial charge is 0.468 e. The van der Waals surface area contributed by atoms with Crippen molar-refractivity contribution in [1.29, 1.82) is 0 Å². The minimum absolute atomic E-state index is 0.0617. The number of carbonyl (C=O) groups is 2. The highest BCUT2D eigenvalue weighted by atomic mass is 16.5. The number of methoxy groups -OCH3 is 1. The molecule has 2 N–H and O–H groups in total. The van der Waals surface area contributed by atoms with Gasteiger partial charge in [0.15, 0.2) is 0 Å². The monoisotopic (exact) mass is 244 g/mol. The first-order valence-electron chi connectivity index (χ1n) is 5.73. The summed E-state index contributed by atoms with van der Waals surface area (Å²) in [5, 5.41) is 12.3. The Kier molecular flexibility index (Phi) is 4.89. The van der Waals surface area contributed by atoms with Gasteiger partial charge in [-0.3, -0.25) is 14.5 Å². The molecular weight excluding hydrogens is 224 g/mol. The molecule has 0 spiro atoms. The summed E-state index contributed by atoms with van der Waals surface area (Å²) >= 11 is 0. The van der Waals surface area contributed by atoms with Crippen LogP contribution in [0, 0.1) is 0 Å². The van der Waals surface area contributed by atoms with Gasteiger partial charge in [0.05, 0.1) is 19.8 Å². The SMILES string of the molecule is COC(=O)C1CC(O)CN1CC(=O)NC(C)C. The van der Waals surface area contributed by atoms with Crippen LogP contribution in [0.4, 0.5) is 0 Å². The van der Waals surface area contributed by atoms with Crippen molar-refractivity contribution in [2.45, 2.75) is 38.5 Å². The first-order chi connectivity index (χ1) is 7.93. The van der Waals surface area contributed by atoms with Crippen LogP contribution in [0.3, 0.4) is 0 Å². The second-order valence-corrected chi connectivity index (χ2v) is 4.58. The lowest BCUT2D eigenvalue weighted by Gasteiger charge is -2.21. The van der Waals surface area contributed by atoms with Crippen LogP contribution in [0.1, 0.15) is 20.3 Å². The minimum Gasteiger partial charge on any atom is -0.468 e. The summed E-state index contributed by atoms with van der Waals surface area (Å²) in [4.78, 5) is 24.7. The van der Waals surface area contributed by atoms with Gasteiger partial charge in [-0.25, -0.2) is 0 Å². The standard InChI is InChI=1S/C11H20N2O4/c1-7(2)12-10(15)6-13-5-8(14)4-9(13)11(16)17-3/h7-9,14H,4-6H2,1-3H3,(H,12,15). The molecule has 1 fully saturated rings. The van der Waals surface area contributed by atoms with E-state index in [-0.39, 0.29) is 18.5 Å². The maximum atomic E-state index is 11.6. The number of aliphatic hydroxyl groups excluding tert-OH is 1. The molecule has 1 heterocycles. The highest BCUT2D eigenvalue weighted by molar-refractivity contribution is 5.81. The van der Waals surface area contributed by atoms with Crippen molar-refractivity contribution in [2.75, 3.05) is 20.2 Å². The molecule has 2 unspecified atom stereocenters. The normalized spacial score (nSPS) is 25.0. The van der Waals surface area contributed by atoms with E-state index < -0.39 is 18.1 Å². The number of β-amino-alcohol motifs (C(OH)–C–C–N with tert-alkyl or cyclic N) is 1. The number of nitrogens with zero attached hydrogens (tertiary/aromatic N) is 1. The Balaban J connectivity index is 2.55. The number of rotatable bonds is 4. The van der Waals surface area contributed by atoms with Gasteiger partial charge in [0, 0.05) is 19.0 Å². The third-order valence-electron chi connectivity index (χ3n) is 2.65. The molecule has 1 rings (SSSR count). The van der Waals surface area contributed by atoms with Crippen molar-refractivity contribution in [3.05, 3.63) is 0 Å². The first kappa shape index (κ1) is 13.9. The fourth-order valence-electron chi connectivity index (χ4n) is 1.99. The molecule has 0 saturated carbocycles. The molecule has 1 aliphatic heterocycles. The number of nitrogens with one attached hydrogen (secondary N) is 1. The van der Waals surface area contributed by atoms with Crippen molar-refractivity contribution in [1.82, 2.24) is 10.2 Å². The molecule has 2 atom stereocenters. The summed E-state index contributed by atoms with van der Waals surface area (Å²) in [5.41, 5.74) is 0. The van der Waals surface area contributed by atoms with E-state index in [9.17, 15) is 14.7 Å². The molecule has 17 heavy (non-hydrogen) atoms. The molecule has 0 radical (unpaired) electrons. The second-order valence-electron chi connectivity index (χ2n) is 4.58. The van der Waals surface area contributed by atoms with Crippen LogP contribution in [0.5, 0.6) is 0 Å². The quantitative estimate of drug-likeness (QED) is 0.628.